The fourth-order valence-corrected chi connectivity index (χ4v) is 4.46. The molecule has 4 rings (SSSR count). The van der Waals surface area contributed by atoms with Crippen molar-refractivity contribution >= 4 is 11.8 Å². The fourth-order valence-electron chi connectivity index (χ4n) is 4.46. The van der Waals surface area contributed by atoms with E-state index in [9.17, 15) is 9.59 Å². The summed E-state index contributed by atoms with van der Waals surface area (Å²) in [5.41, 5.74) is 2.99. The molecule has 2 amide bonds. The maximum absolute atomic E-state index is 12.5. The zero-order valence-corrected chi connectivity index (χ0v) is 17.5. The van der Waals surface area contributed by atoms with Crippen molar-refractivity contribution in [1.29, 1.82) is 0 Å². The Bertz CT molecular complexity index is 839. The van der Waals surface area contributed by atoms with Crippen molar-refractivity contribution in [2.75, 3.05) is 26.2 Å². The number of hydrogen-bond donors (Lipinski definition) is 0. The van der Waals surface area contributed by atoms with Gasteiger partial charge in [-0.25, -0.2) is 4.98 Å². The Morgan fingerprint density at radius 2 is 1.60 bits per heavy atom. The molecule has 1 aromatic heterocycles. The molecule has 0 radical (unpaired) electrons. The van der Waals surface area contributed by atoms with Gasteiger partial charge in [0.05, 0.1) is 6.20 Å². The summed E-state index contributed by atoms with van der Waals surface area (Å²) in [6.45, 7) is 3.41. The van der Waals surface area contributed by atoms with Crippen LogP contribution in [0.3, 0.4) is 0 Å². The average Bonchev–Trinajstić information content (AvgIpc) is 3.34. The van der Waals surface area contributed by atoms with E-state index >= 15 is 0 Å². The number of hydrogen-bond acceptors (Lipinski definition) is 4. The third-order valence-corrected chi connectivity index (χ3v) is 6.32. The lowest BCUT2D eigenvalue weighted by Gasteiger charge is -2.31. The summed E-state index contributed by atoms with van der Waals surface area (Å²) in [6.07, 6.45) is 11.5. The monoisotopic (exact) mass is 406 g/mol. The quantitative estimate of drug-likeness (QED) is 0.739. The van der Waals surface area contributed by atoms with Gasteiger partial charge in [0.1, 0.15) is 5.69 Å². The number of piperidine rings is 1. The summed E-state index contributed by atoms with van der Waals surface area (Å²) in [7, 11) is 0. The molecule has 158 valence electrons. The number of likely N-dealkylation sites (tertiary alicyclic amines) is 2. The van der Waals surface area contributed by atoms with Crippen molar-refractivity contribution in [3.05, 3.63) is 59.7 Å². The van der Waals surface area contributed by atoms with Crippen molar-refractivity contribution in [2.24, 2.45) is 5.92 Å². The van der Waals surface area contributed by atoms with Crippen LogP contribution in [0.25, 0.3) is 0 Å². The lowest BCUT2D eigenvalue weighted by Crippen LogP contribution is -2.39. The highest BCUT2D eigenvalue weighted by Gasteiger charge is 2.24. The molecule has 2 aromatic rings. The van der Waals surface area contributed by atoms with Crippen LogP contribution in [0.4, 0.5) is 0 Å². The van der Waals surface area contributed by atoms with Crippen molar-refractivity contribution < 1.29 is 9.59 Å². The second-order valence-electron chi connectivity index (χ2n) is 8.43. The number of aromatic nitrogens is 2. The fraction of sp³-hybridized carbons (Fsp3) is 0.500. The van der Waals surface area contributed by atoms with Gasteiger partial charge >= 0.3 is 0 Å². The predicted molar refractivity (Wildman–Crippen MR) is 115 cm³/mol. The van der Waals surface area contributed by atoms with Gasteiger partial charge in [0.25, 0.3) is 5.91 Å². The molecule has 0 atom stereocenters. The summed E-state index contributed by atoms with van der Waals surface area (Å²) in [5, 5.41) is 0. The number of amides is 2. The van der Waals surface area contributed by atoms with Crippen molar-refractivity contribution in [2.45, 2.75) is 44.9 Å². The standard InChI is InChI=1S/C24H30N4O2/c29-23(27-13-1-2-14-27)8-7-19-3-5-20(6-4-19)17-21-9-15-28(16-10-21)24(30)22-18-25-11-12-26-22/h3-6,11-12,18,21H,1-2,7-10,13-17H2. The second-order valence-corrected chi connectivity index (χ2v) is 8.43. The van der Waals surface area contributed by atoms with E-state index in [1.807, 2.05) is 9.80 Å². The molecule has 0 N–H and O–H groups in total. The first-order chi connectivity index (χ1) is 14.7. The summed E-state index contributed by atoms with van der Waals surface area (Å²) in [5.74, 6) is 0.868. The first-order valence-corrected chi connectivity index (χ1v) is 11.1. The summed E-state index contributed by atoms with van der Waals surface area (Å²) >= 11 is 0. The largest absolute Gasteiger partial charge is 0.343 e. The van der Waals surface area contributed by atoms with E-state index in [0.717, 1.165) is 64.7 Å². The Kier molecular flexibility index (Phi) is 6.72. The van der Waals surface area contributed by atoms with Crippen molar-refractivity contribution in [1.82, 2.24) is 19.8 Å². The first-order valence-electron chi connectivity index (χ1n) is 11.1. The lowest BCUT2D eigenvalue weighted by molar-refractivity contribution is -0.130. The van der Waals surface area contributed by atoms with Crippen LogP contribution in [0, 0.1) is 5.92 Å². The maximum atomic E-state index is 12.5. The molecule has 1 aromatic carbocycles. The number of carbonyl (C=O) groups excluding carboxylic acids is 2. The maximum Gasteiger partial charge on any atom is 0.274 e. The van der Waals surface area contributed by atoms with Gasteiger partial charge in [0.15, 0.2) is 0 Å². The van der Waals surface area contributed by atoms with Crippen LogP contribution in [0.15, 0.2) is 42.9 Å². The van der Waals surface area contributed by atoms with Gasteiger partial charge in [-0.05, 0) is 55.6 Å². The van der Waals surface area contributed by atoms with Crippen LogP contribution in [0.1, 0.15) is 53.7 Å². The topological polar surface area (TPSA) is 66.4 Å². The molecule has 2 aliphatic rings. The molecule has 0 saturated carbocycles. The molecule has 6 nitrogen and oxygen atoms in total. The van der Waals surface area contributed by atoms with Gasteiger partial charge in [-0.1, -0.05) is 24.3 Å². The molecule has 0 bridgehead atoms. The number of rotatable bonds is 6. The molecule has 0 unspecified atom stereocenters. The minimum absolute atomic E-state index is 0.0191. The number of nitrogens with zero attached hydrogens (tertiary/aromatic N) is 4. The third kappa shape index (κ3) is 5.23. The van der Waals surface area contributed by atoms with Crippen LogP contribution in [0.5, 0.6) is 0 Å². The van der Waals surface area contributed by atoms with Gasteiger partial charge in [0, 0.05) is 45.0 Å². The number of benzene rings is 1. The molecule has 2 aliphatic heterocycles. The van der Waals surface area contributed by atoms with Crippen LogP contribution in [-0.4, -0.2) is 57.8 Å². The van der Waals surface area contributed by atoms with Gasteiger partial charge in [-0.3, -0.25) is 14.6 Å². The molecular weight excluding hydrogens is 376 g/mol. The van der Waals surface area contributed by atoms with E-state index in [-0.39, 0.29) is 5.91 Å². The Morgan fingerprint density at radius 1 is 0.900 bits per heavy atom. The normalized spacial score (nSPS) is 17.3. The van der Waals surface area contributed by atoms with E-state index in [2.05, 4.69) is 34.2 Å². The van der Waals surface area contributed by atoms with Crippen LogP contribution in [0.2, 0.25) is 0 Å². The highest BCUT2D eigenvalue weighted by molar-refractivity contribution is 5.92. The molecular formula is C24H30N4O2. The highest BCUT2D eigenvalue weighted by Crippen LogP contribution is 2.23. The highest BCUT2D eigenvalue weighted by atomic mass is 16.2. The van der Waals surface area contributed by atoms with E-state index in [1.54, 1.807) is 12.4 Å². The van der Waals surface area contributed by atoms with E-state index < -0.39 is 0 Å². The van der Waals surface area contributed by atoms with Gasteiger partial charge in [0.2, 0.25) is 5.91 Å². The minimum Gasteiger partial charge on any atom is -0.343 e. The zero-order chi connectivity index (χ0) is 20.8. The Labute approximate surface area is 178 Å². The van der Waals surface area contributed by atoms with E-state index in [0.29, 0.717) is 23.9 Å². The molecule has 2 fully saturated rings. The molecule has 3 heterocycles. The Hall–Kier alpha value is -2.76. The summed E-state index contributed by atoms with van der Waals surface area (Å²) in [4.78, 5) is 36.7. The first kappa shape index (κ1) is 20.5. The SMILES string of the molecule is O=C(CCc1ccc(CC2CCN(C(=O)c3cnccn3)CC2)cc1)N1CCCC1. The van der Waals surface area contributed by atoms with Crippen molar-refractivity contribution in [3.8, 4) is 0 Å². The molecule has 6 heteroatoms. The molecule has 30 heavy (non-hydrogen) atoms. The number of carbonyl (C=O) groups is 2. The van der Waals surface area contributed by atoms with Gasteiger partial charge in [-0.15, -0.1) is 0 Å². The number of aryl methyl sites for hydroxylation is 1. The lowest BCUT2D eigenvalue weighted by atomic mass is 9.89. The average molecular weight is 407 g/mol. The third-order valence-electron chi connectivity index (χ3n) is 6.32. The Morgan fingerprint density at radius 3 is 2.27 bits per heavy atom. The minimum atomic E-state index is -0.0191. The van der Waals surface area contributed by atoms with Crippen LogP contribution in [-0.2, 0) is 17.6 Å². The molecule has 2 saturated heterocycles. The van der Waals surface area contributed by atoms with E-state index in [1.165, 1.54) is 17.3 Å². The summed E-state index contributed by atoms with van der Waals surface area (Å²) in [6, 6.07) is 8.73. The predicted octanol–water partition coefficient (Wildman–Crippen LogP) is 3.13. The molecule has 0 aliphatic carbocycles. The second kappa shape index (κ2) is 9.83. The van der Waals surface area contributed by atoms with Crippen LogP contribution >= 0.6 is 0 Å². The Balaban J connectivity index is 1.21. The van der Waals surface area contributed by atoms with Crippen LogP contribution < -0.4 is 0 Å². The van der Waals surface area contributed by atoms with E-state index in [4.69, 9.17) is 0 Å². The van der Waals surface area contributed by atoms with Gasteiger partial charge < -0.3 is 9.80 Å². The van der Waals surface area contributed by atoms with Crippen molar-refractivity contribution in [3.63, 3.8) is 0 Å². The molecule has 0 spiro atoms. The zero-order valence-electron chi connectivity index (χ0n) is 17.5. The smallest absolute Gasteiger partial charge is 0.274 e. The van der Waals surface area contributed by atoms with Gasteiger partial charge in [-0.2, -0.15) is 0 Å². The summed E-state index contributed by atoms with van der Waals surface area (Å²) < 4.78 is 0.